The fourth-order valence-electron chi connectivity index (χ4n) is 2.34. The van der Waals surface area contributed by atoms with Gasteiger partial charge in [0, 0.05) is 6.04 Å². The van der Waals surface area contributed by atoms with Crippen LogP contribution in [0.3, 0.4) is 0 Å². The van der Waals surface area contributed by atoms with E-state index in [0.717, 1.165) is 25.8 Å². The molecule has 0 radical (unpaired) electrons. The maximum atomic E-state index is 11.3. The van der Waals surface area contributed by atoms with Crippen LogP contribution in [-0.2, 0) is 9.53 Å². The SMILES string of the molecule is COC(=O)CN1CCCCCC1CC(C)O. The predicted octanol–water partition coefficient (Wildman–Crippen LogP) is 1.17. The van der Waals surface area contributed by atoms with Crippen LogP contribution >= 0.6 is 0 Å². The highest BCUT2D eigenvalue weighted by molar-refractivity contribution is 5.71. The summed E-state index contributed by atoms with van der Waals surface area (Å²) >= 11 is 0. The molecule has 1 aliphatic heterocycles. The lowest BCUT2D eigenvalue weighted by atomic mass is 10.0. The van der Waals surface area contributed by atoms with Crippen molar-refractivity contribution in [3.05, 3.63) is 0 Å². The van der Waals surface area contributed by atoms with Crippen LogP contribution in [0.15, 0.2) is 0 Å². The van der Waals surface area contributed by atoms with Crippen molar-refractivity contribution >= 4 is 5.97 Å². The lowest BCUT2D eigenvalue weighted by Crippen LogP contribution is -2.40. The maximum Gasteiger partial charge on any atom is 0.319 e. The van der Waals surface area contributed by atoms with Gasteiger partial charge in [0.2, 0.25) is 0 Å². The van der Waals surface area contributed by atoms with Crippen molar-refractivity contribution in [2.24, 2.45) is 0 Å². The van der Waals surface area contributed by atoms with Crippen molar-refractivity contribution < 1.29 is 14.6 Å². The van der Waals surface area contributed by atoms with Gasteiger partial charge in [-0.3, -0.25) is 9.69 Å². The van der Waals surface area contributed by atoms with Gasteiger partial charge in [0.1, 0.15) is 0 Å². The molecule has 0 amide bonds. The van der Waals surface area contributed by atoms with E-state index in [-0.39, 0.29) is 12.1 Å². The van der Waals surface area contributed by atoms with Crippen LogP contribution < -0.4 is 0 Å². The van der Waals surface area contributed by atoms with E-state index >= 15 is 0 Å². The lowest BCUT2D eigenvalue weighted by molar-refractivity contribution is -0.142. The standard InChI is InChI=1S/C12H23NO3/c1-10(14)8-11-6-4-3-5-7-13(11)9-12(15)16-2/h10-11,14H,3-9H2,1-2H3. The Hall–Kier alpha value is -0.610. The molecule has 0 bridgehead atoms. The quantitative estimate of drug-likeness (QED) is 0.735. The van der Waals surface area contributed by atoms with Gasteiger partial charge in [-0.1, -0.05) is 12.8 Å². The van der Waals surface area contributed by atoms with Crippen molar-refractivity contribution in [3.8, 4) is 0 Å². The predicted molar refractivity (Wildman–Crippen MR) is 62.1 cm³/mol. The second kappa shape index (κ2) is 6.86. The van der Waals surface area contributed by atoms with E-state index in [1.165, 1.54) is 20.0 Å². The van der Waals surface area contributed by atoms with E-state index in [0.29, 0.717) is 12.6 Å². The van der Waals surface area contributed by atoms with Gasteiger partial charge in [-0.25, -0.2) is 0 Å². The first-order valence-electron chi connectivity index (χ1n) is 6.12. The van der Waals surface area contributed by atoms with Crippen LogP contribution in [0.5, 0.6) is 0 Å². The summed E-state index contributed by atoms with van der Waals surface area (Å²) in [6, 6.07) is 0.321. The van der Waals surface area contributed by atoms with E-state index in [1.807, 2.05) is 0 Å². The Kier molecular flexibility index (Phi) is 5.77. The molecule has 16 heavy (non-hydrogen) atoms. The third-order valence-electron chi connectivity index (χ3n) is 3.17. The molecule has 4 nitrogen and oxygen atoms in total. The second-order valence-electron chi connectivity index (χ2n) is 4.63. The van der Waals surface area contributed by atoms with Crippen molar-refractivity contribution in [1.29, 1.82) is 0 Å². The van der Waals surface area contributed by atoms with E-state index in [9.17, 15) is 9.90 Å². The molecular formula is C12H23NO3. The number of methoxy groups -OCH3 is 1. The monoisotopic (exact) mass is 229 g/mol. The number of nitrogens with zero attached hydrogens (tertiary/aromatic N) is 1. The number of hydrogen-bond donors (Lipinski definition) is 1. The first kappa shape index (κ1) is 13.5. The zero-order valence-electron chi connectivity index (χ0n) is 10.3. The minimum Gasteiger partial charge on any atom is -0.468 e. The molecule has 1 rings (SSSR count). The number of hydrogen-bond acceptors (Lipinski definition) is 4. The number of likely N-dealkylation sites (tertiary alicyclic amines) is 1. The molecule has 0 aromatic rings. The van der Waals surface area contributed by atoms with Gasteiger partial charge < -0.3 is 9.84 Å². The highest BCUT2D eigenvalue weighted by Gasteiger charge is 2.24. The third-order valence-corrected chi connectivity index (χ3v) is 3.17. The van der Waals surface area contributed by atoms with Crippen LogP contribution in [0, 0.1) is 0 Å². The number of rotatable bonds is 4. The first-order valence-corrected chi connectivity index (χ1v) is 6.12. The van der Waals surface area contributed by atoms with Crippen LogP contribution in [0.25, 0.3) is 0 Å². The molecule has 0 aromatic carbocycles. The molecule has 0 aromatic heterocycles. The van der Waals surface area contributed by atoms with Gasteiger partial charge in [0.15, 0.2) is 0 Å². The minimum absolute atomic E-state index is 0.183. The van der Waals surface area contributed by atoms with Gasteiger partial charge in [-0.15, -0.1) is 0 Å². The number of esters is 1. The average Bonchev–Trinajstić information content (AvgIpc) is 2.44. The van der Waals surface area contributed by atoms with Gasteiger partial charge >= 0.3 is 5.97 Å². The summed E-state index contributed by atoms with van der Waals surface area (Å²) in [6.45, 7) is 3.10. The summed E-state index contributed by atoms with van der Waals surface area (Å²) in [6.07, 6.45) is 5.05. The Bertz CT molecular complexity index is 218. The molecular weight excluding hydrogens is 206 g/mol. The van der Waals surface area contributed by atoms with Crippen molar-refractivity contribution in [2.45, 2.75) is 51.2 Å². The number of ether oxygens (including phenoxy) is 1. The van der Waals surface area contributed by atoms with Crippen LogP contribution in [0.1, 0.15) is 39.0 Å². The Labute approximate surface area is 97.6 Å². The zero-order valence-corrected chi connectivity index (χ0v) is 10.3. The second-order valence-corrected chi connectivity index (χ2v) is 4.63. The fourth-order valence-corrected chi connectivity index (χ4v) is 2.34. The van der Waals surface area contributed by atoms with E-state index in [4.69, 9.17) is 4.74 Å². The summed E-state index contributed by atoms with van der Waals surface area (Å²) in [7, 11) is 1.42. The third kappa shape index (κ3) is 4.49. The van der Waals surface area contributed by atoms with E-state index in [1.54, 1.807) is 6.92 Å². The minimum atomic E-state index is -0.303. The normalized spacial score (nSPS) is 24.8. The van der Waals surface area contributed by atoms with Crippen LogP contribution in [0.2, 0.25) is 0 Å². The zero-order chi connectivity index (χ0) is 12.0. The van der Waals surface area contributed by atoms with Gasteiger partial charge in [-0.2, -0.15) is 0 Å². The summed E-state index contributed by atoms with van der Waals surface area (Å²) in [4.78, 5) is 13.5. The van der Waals surface area contributed by atoms with Crippen LogP contribution in [0.4, 0.5) is 0 Å². The van der Waals surface area contributed by atoms with Crippen LogP contribution in [-0.4, -0.2) is 48.3 Å². The van der Waals surface area contributed by atoms with Gasteiger partial charge in [0.25, 0.3) is 0 Å². The molecule has 1 N–H and O–H groups in total. The number of aliphatic hydroxyl groups excluding tert-OH is 1. The highest BCUT2D eigenvalue weighted by Crippen LogP contribution is 2.20. The summed E-state index contributed by atoms with van der Waals surface area (Å²) in [5, 5.41) is 9.46. The fraction of sp³-hybridized carbons (Fsp3) is 0.917. The van der Waals surface area contributed by atoms with Gasteiger partial charge in [0.05, 0.1) is 19.8 Å². The van der Waals surface area contributed by atoms with Gasteiger partial charge in [-0.05, 0) is 32.7 Å². The van der Waals surface area contributed by atoms with Crippen molar-refractivity contribution in [2.75, 3.05) is 20.2 Å². The highest BCUT2D eigenvalue weighted by atomic mass is 16.5. The van der Waals surface area contributed by atoms with Crippen molar-refractivity contribution in [3.63, 3.8) is 0 Å². The largest absolute Gasteiger partial charge is 0.468 e. The summed E-state index contributed by atoms with van der Waals surface area (Å²) < 4.78 is 4.70. The van der Waals surface area contributed by atoms with Crippen molar-refractivity contribution in [1.82, 2.24) is 4.90 Å². The molecule has 2 atom stereocenters. The number of aliphatic hydroxyl groups is 1. The number of carbonyl (C=O) groups is 1. The summed E-state index contributed by atoms with van der Waals surface area (Å²) in [5.74, 6) is -0.183. The number of carbonyl (C=O) groups excluding carboxylic acids is 1. The van der Waals surface area contributed by atoms with E-state index in [2.05, 4.69) is 4.90 Å². The Morgan fingerprint density at radius 2 is 2.25 bits per heavy atom. The molecule has 1 saturated heterocycles. The molecule has 2 unspecified atom stereocenters. The molecule has 0 aliphatic carbocycles. The molecule has 0 saturated carbocycles. The topological polar surface area (TPSA) is 49.8 Å². The van der Waals surface area contributed by atoms with E-state index < -0.39 is 0 Å². The maximum absolute atomic E-state index is 11.3. The smallest absolute Gasteiger partial charge is 0.319 e. The Balaban J connectivity index is 2.54. The summed E-state index contributed by atoms with van der Waals surface area (Å²) in [5.41, 5.74) is 0. The molecule has 1 heterocycles. The lowest BCUT2D eigenvalue weighted by Gasteiger charge is -2.29. The Morgan fingerprint density at radius 1 is 1.50 bits per heavy atom. The first-order chi connectivity index (χ1) is 7.63. The molecule has 1 fully saturated rings. The molecule has 0 spiro atoms. The molecule has 4 heteroatoms. The molecule has 94 valence electrons. The average molecular weight is 229 g/mol. The molecule has 1 aliphatic rings. The Morgan fingerprint density at radius 3 is 2.88 bits per heavy atom.